The number of Topliss-reactive ketones (excluding diaryl/α,β-unsaturated/α-hetero) is 1. The average Bonchev–Trinajstić information content (AvgIpc) is 2.43. The Morgan fingerprint density at radius 1 is 1.26 bits per heavy atom. The lowest BCUT2D eigenvalue weighted by Crippen LogP contribution is -2.10. The van der Waals surface area contributed by atoms with Gasteiger partial charge in [0.2, 0.25) is 0 Å². The molecule has 1 nitrogen and oxygen atoms in total. The molecule has 0 aromatic heterocycles. The quantitative estimate of drug-likeness (QED) is 0.747. The topological polar surface area (TPSA) is 17.1 Å². The molecule has 0 spiro atoms. The van der Waals surface area contributed by atoms with Crippen LogP contribution in [-0.4, -0.2) is 5.78 Å². The fourth-order valence-electron chi connectivity index (χ4n) is 2.83. The van der Waals surface area contributed by atoms with Crippen molar-refractivity contribution >= 4 is 17.4 Å². The van der Waals surface area contributed by atoms with Gasteiger partial charge in [0, 0.05) is 12.8 Å². The van der Waals surface area contributed by atoms with Gasteiger partial charge in [0.15, 0.2) is 0 Å². The second-order valence-electron chi connectivity index (χ2n) is 5.47. The normalized spacial score (nSPS) is 16.5. The first-order valence-corrected chi connectivity index (χ1v) is 7.49. The van der Waals surface area contributed by atoms with Gasteiger partial charge in [-0.2, -0.15) is 0 Å². The zero-order valence-electron chi connectivity index (χ0n) is 11.1. The number of hydrogen-bond donors (Lipinski definition) is 0. The maximum Gasteiger partial charge on any atom is 0.142 e. The predicted octanol–water partition coefficient (Wildman–Crippen LogP) is 4.95. The highest BCUT2D eigenvalue weighted by Gasteiger charge is 2.16. The van der Waals surface area contributed by atoms with Crippen LogP contribution in [0.25, 0.3) is 0 Å². The fourth-order valence-corrected chi connectivity index (χ4v) is 3.02. The standard InChI is InChI=1S/C16H20ClFO/c17-16-13(7-4-8-15(16)18)11-14(19)10-9-12-5-2-1-3-6-12/h4,7-8,12H,1-3,5-6,9-11H2. The van der Waals surface area contributed by atoms with Gasteiger partial charge in [-0.3, -0.25) is 4.79 Å². The summed E-state index contributed by atoms with van der Waals surface area (Å²) in [5.74, 6) is 0.429. The molecule has 0 atom stereocenters. The summed E-state index contributed by atoms with van der Waals surface area (Å²) in [7, 11) is 0. The number of halogens is 2. The Hall–Kier alpha value is -0.890. The van der Waals surface area contributed by atoms with Gasteiger partial charge in [0.25, 0.3) is 0 Å². The molecule has 1 aromatic carbocycles. The van der Waals surface area contributed by atoms with Gasteiger partial charge in [-0.15, -0.1) is 0 Å². The molecule has 1 aliphatic carbocycles. The Morgan fingerprint density at radius 2 is 2.00 bits per heavy atom. The van der Waals surface area contributed by atoms with Crippen LogP contribution in [0.3, 0.4) is 0 Å². The maximum absolute atomic E-state index is 13.3. The van der Waals surface area contributed by atoms with Crippen molar-refractivity contribution in [3.8, 4) is 0 Å². The van der Waals surface area contributed by atoms with Crippen LogP contribution in [0, 0.1) is 11.7 Å². The van der Waals surface area contributed by atoms with Gasteiger partial charge in [-0.05, 0) is 24.0 Å². The lowest BCUT2D eigenvalue weighted by Gasteiger charge is -2.20. The van der Waals surface area contributed by atoms with E-state index in [1.807, 2.05) is 0 Å². The smallest absolute Gasteiger partial charge is 0.142 e. The zero-order chi connectivity index (χ0) is 13.7. The third-order valence-electron chi connectivity index (χ3n) is 3.98. The van der Waals surface area contributed by atoms with Gasteiger partial charge >= 0.3 is 0 Å². The summed E-state index contributed by atoms with van der Waals surface area (Å²) in [6, 6.07) is 4.65. The number of ketones is 1. The Bertz CT molecular complexity index is 438. The van der Waals surface area contributed by atoms with Gasteiger partial charge in [0.1, 0.15) is 11.6 Å². The molecule has 0 bridgehead atoms. The maximum atomic E-state index is 13.3. The van der Waals surface area contributed by atoms with Crippen LogP contribution in [0.2, 0.25) is 5.02 Å². The van der Waals surface area contributed by atoms with Crippen LogP contribution in [-0.2, 0) is 11.2 Å². The second-order valence-corrected chi connectivity index (χ2v) is 5.85. The van der Waals surface area contributed by atoms with Crippen LogP contribution < -0.4 is 0 Å². The molecule has 1 aromatic rings. The SMILES string of the molecule is O=C(CCC1CCCCC1)Cc1cccc(F)c1Cl. The molecule has 0 radical (unpaired) electrons. The van der Waals surface area contributed by atoms with Crippen LogP contribution in [0.15, 0.2) is 18.2 Å². The van der Waals surface area contributed by atoms with E-state index in [-0.39, 0.29) is 17.2 Å². The van der Waals surface area contributed by atoms with Crippen molar-refractivity contribution in [3.05, 3.63) is 34.6 Å². The number of rotatable bonds is 5. The zero-order valence-corrected chi connectivity index (χ0v) is 11.9. The molecule has 1 aliphatic rings. The van der Waals surface area contributed by atoms with Crippen molar-refractivity contribution in [1.29, 1.82) is 0 Å². The second kappa shape index (κ2) is 7.04. The highest BCUT2D eigenvalue weighted by Crippen LogP contribution is 2.28. The van der Waals surface area contributed by atoms with Crippen molar-refractivity contribution < 1.29 is 9.18 Å². The molecule has 0 heterocycles. The number of hydrogen-bond acceptors (Lipinski definition) is 1. The minimum Gasteiger partial charge on any atom is -0.299 e. The highest BCUT2D eigenvalue weighted by atomic mass is 35.5. The Balaban J connectivity index is 1.82. The van der Waals surface area contributed by atoms with E-state index < -0.39 is 5.82 Å². The lowest BCUT2D eigenvalue weighted by atomic mass is 9.85. The molecule has 0 amide bonds. The summed E-state index contributed by atoms with van der Waals surface area (Å²) in [4.78, 5) is 11.9. The summed E-state index contributed by atoms with van der Waals surface area (Å²) in [6.45, 7) is 0. The molecular formula is C16H20ClFO. The molecule has 0 saturated heterocycles. The van der Waals surface area contributed by atoms with E-state index in [1.54, 1.807) is 12.1 Å². The first-order valence-electron chi connectivity index (χ1n) is 7.11. The molecule has 2 rings (SSSR count). The lowest BCUT2D eigenvalue weighted by molar-refractivity contribution is -0.118. The number of carbonyl (C=O) groups is 1. The molecule has 104 valence electrons. The molecular weight excluding hydrogens is 263 g/mol. The van der Waals surface area contributed by atoms with Gasteiger partial charge < -0.3 is 0 Å². The van der Waals surface area contributed by atoms with E-state index >= 15 is 0 Å². The van der Waals surface area contributed by atoms with Crippen LogP contribution in [0.1, 0.15) is 50.5 Å². The van der Waals surface area contributed by atoms with Crippen molar-refractivity contribution in [2.24, 2.45) is 5.92 Å². The summed E-state index contributed by atoms with van der Waals surface area (Å²) < 4.78 is 13.3. The van der Waals surface area contributed by atoms with Crippen molar-refractivity contribution in [2.75, 3.05) is 0 Å². The highest BCUT2D eigenvalue weighted by molar-refractivity contribution is 6.31. The molecule has 0 unspecified atom stereocenters. The van der Waals surface area contributed by atoms with E-state index in [4.69, 9.17) is 11.6 Å². The van der Waals surface area contributed by atoms with Crippen molar-refractivity contribution in [3.63, 3.8) is 0 Å². The predicted molar refractivity (Wildman–Crippen MR) is 75.9 cm³/mol. The summed E-state index contributed by atoms with van der Waals surface area (Å²) in [6.07, 6.45) is 8.28. The van der Waals surface area contributed by atoms with Crippen molar-refractivity contribution in [2.45, 2.75) is 51.4 Å². The van der Waals surface area contributed by atoms with E-state index in [1.165, 1.54) is 38.2 Å². The van der Waals surface area contributed by atoms with E-state index in [0.717, 1.165) is 6.42 Å². The van der Waals surface area contributed by atoms with Crippen molar-refractivity contribution in [1.82, 2.24) is 0 Å². The summed E-state index contributed by atoms with van der Waals surface area (Å²) in [5, 5.41) is 0.0912. The first-order chi connectivity index (χ1) is 9.16. The largest absolute Gasteiger partial charge is 0.299 e. The monoisotopic (exact) mass is 282 g/mol. The third-order valence-corrected chi connectivity index (χ3v) is 4.40. The van der Waals surface area contributed by atoms with Gasteiger partial charge in [-0.1, -0.05) is 55.8 Å². The van der Waals surface area contributed by atoms with E-state index in [2.05, 4.69) is 0 Å². The first kappa shape index (κ1) is 14.5. The fraction of sp³-hybridized carbons (Fsp3) is 0.562. The summed E-state index contributed by atoms with van der Waals surface area (Å²) in [5.41, 5.74) is 0.607. The molecule has 19 heavy (non-hydrogen) atoms. The third kappa shape index (κ3) is 4.31. The summed E-state index contributed by atoms with van der Waals surface area (Å²) >= 11 is 5.86. The molecule has 3 heteroatoms. The van der Waals surface area contributed by atoms with Crippen LogP contribution in [0.5, 0.6) is 0 Å². The molecule has 1 saturated carbocycles. The number of carbonyl (C=O) groups excluding carboxylic acids is 1. The van der Waals surface area contributed by atoms with Gasteiger partial charge in [0.05, 0.1) is 5.02 Å². The van der Waals surface area contributed by atoms with Crippen LogP contribution >= 0.6 is 11.6 Å². The minimum absolute atomic E-state index is 0.0912. The minimum atomic E-state index is -0.445. The molecule has 1 fully saturated rings. The average molecular weight is 283 g/mol. The Kier molecular flexibility index (Phi) is 5.38. The van der Waals surface area contributed by atoms with Crippen LogP contribution in [0.4, 0.5) is 4.39 Å². The number of benzene rings is 1. The Morgan fingerprint density at radius 3 is 2.74 bits per heavy atom. The van der Waals surface area contributed by atoms with E-state index in [0.29, 0.717) is 17.9 Å². The Labute approximate surface area is 119 Å². The van der Waals surface area contributed by atoms with Gasteiger partial charge in [-0.25, -0.2) is 4.39 Å². The molecule has 0 N–H and O–H groups in total. The van der Waals surface area contributed by atoms with E-state index in [9.17, 15) is 9.18 Å². The molecule has 0 aliphatic heterocycles.